The molecule has 0 unspecified atom stereocenters. The summed E-state index contributed by atoms with van der Waals surface area (Å²) in [5, 5.41) is 0. The molecule has 1 aliphatic carbocycles. The Morgan fingerprint density at radius 3 is 2.28 bits per heavy atom. The summed E-state index contributed by atoms with van der Waals surface area (Å²) in [5.74, 6) is -1.04. The van der Waals surface area contributed by atoms with E-state index in [4.69, 9.17) is 9.47 Å². The number of rotatable bonds is 4. The summed E-state index contributed by atoms with van der Waals surface area (Å²) in [6.07, 6.45) is -2.81. The molecule has 196 valence electrons. The molecule has 1 saturated carbocycles. The Labute approximate surface area is 209 Å². The Hall–Kier alpha value is -2.59. The Bertz CT molecular complexity index is 1260. The number of fused-ring (bicyclic) bond motifs is 1. The molecule has 1 heterocycles. The van der Waals surface area contributed by atoms with E-state index in [0.29, 0.717) is 22.7 Å². The van der Waals surface area contributed by atoms with Gasteiger partial charge < -0.3 is 9.47 Å². The van der Waals surface area contributed by atoms with E-state index < -0.39 is 49.8 Å². The maximum absolute atomic E-state index is 15.3. The summed E-state index contributed by atoms with van der Waals surface area (Å²) < 4.78 is 84.2. The van der Waals surface area contributed by atoms with Crippen molar-refractivity contribution >= 4 is 16.0 Å². The summed E-state index contributed by atoms with van der Waals surface area (Å²) in [5.41, 5.74) is -4.34. The van der Waals surface area contributed by atoms with E-state index in [1.54, 1.807) is 0 Å². The average molecular weight is 526 g/mol. The normalized spacial score (nSPS) is 22.8. The quantitative estimate of drug-likeness (QED) is 0.465. The number of hydrogen-bond acceptors (Lipinski definition) is 5. The van der Waals surface area contributed by atoms with Crippen LogP contribution in [-0.2, 0) is 25.9 Å². The van der Waals surface area contributed by atoms with Crippen molar-refractivity contribution in [2.24, 2.45) is 0 Å². The van der Waals surface area contributed by atoms with Crippen LogP contribution < -0.4 is 4.74 Å². The van der Waals surface area contributed by atoms with Crippen LogP contribution >= 0.6 is 0 Å². The molecule has 1 fully saturated rings. The third-order valence-electron chi connectivity index (χ3n) is 6.89. The fraction of sp³-hybridized carbons (Fsp3) is 0.500. The molecule has 0 spiro atoms. The van der Waals surface area contributed by atoms with Gasteiger partial charge in [0, 0.05) is 11.6 Å². The SMILES string of the molecule is COc1cccc(C(=O)O[C@@]2(C(F)(F)F)c3cc(C(C)(C)C)ccc3S(=O)(=O)N2C2CCCCC2)c1. The molecule has 0 saturated heterocycles. The number of alkyl halides is 3. The second-order valence-electron chi connectivity index (χ2n) is 10.3. The highest BCUT2D eigenvalue weighted by atomic mass is 32.2. The third-order valence-corrected chi connectivity index (χ3v) is 8.88. The van der Waals surface area contributed by atoms with E-state index in [9.17, 15) is 13.2 Å². The van der Waals surface area contributed by atoms with Crippen molar-refractivity contribution in [2.45, 2.75) is 81.1 Å². The van der Waals surface area contributed by atoms with Gasteiger partial charge in [0.2, 0.25) is 10.0 Å². The molecule has 2 aliphatic rings. The zero-order valence-corrected chi connectivity index (χ0v) is 21.5. The summed E-state index contributed by atoms with van der Waals surface area (Å²) in [6.45, 7) is 5.44. The Morgan fingerprint density at radius 2 is 1.69 bits per heavy atom. The van der Waals surface area contributed by atoms with Gasteiger partial charge >= 0.3 is 17.9 Å². The van der Waals surface area contributed by atoms with E-state index in [0.717, 1.165) is 6.42 Å². The fourth-order valence-corrected chi connectivity index (χ4v) is 7.14. The molecule has 0 amide bonds. The van der Waals surface area contributed by atoms with Crippen LogP contribution in [0, 0.1) is 0 Å². The fourth-order valence-electron chi connectivity index (χ4n) is 5.03. The number of esters is 1. The molecule has 6 nitrogen and oxygen atoms in total. The summed E-state index contributed by atoms with van der Waals surface area (Å²) in [4.78, 5) is 12.8. The van der Waals surface area contributed by atoms with Gasteiger partial charge in [-0.15, -0.1) is 4.31 Å². The second kappa shape index (κ2) is 9.06. The number of hydrogen-bond donors (Lipinski definition) is 0. The van der Waals surface area contributed by atoms with Crippen molar-refractivity contribution in [3.63, 3.8) is 0 Å². The number of carbonyl (C=O) groups is 1. The first-order valence-electron chi connectivity index (χ1n) is 11.9. The highest BCUT2D eigenvalue weighted by Gasteiger charge is 2.73. The van der Waals surface area contributed by atoms with Gasteiger partial charge in [-0.1, -0.05) is 52.2 Å². The molecular weight excluding hydrogens is 495 g/mol. The summed E-state index contributed by atoms with van der Waals surface area (Å²) in [6, 6.07) is 8.53. The van der Waals surface area contributed by atoms with Crippen molar-refractivity contribution in [1.82, 2.24) is 4.31 Å². The lowest BCUT2D eigenvalue weighted by molar-refractivity contribution is -0.308. The highest BCUT2D eigenvalue weighted by Crippen LogP contribution is 2.57. The van der Waals surface area contributed by atoms with Gasteiger partial charge in [-0.25, -0.2) is 13.2 Å². The maximum atomic E-state index is 15.3. The van der Waals surface area contributed by atoms with Crippen molar-refractivity contribution in [1.29, 1.82) is 0 Å². The molecule has 2 aromatic rings. The number of sulfonamides is 1. The number of carbonyl (C=O) groups excluding carboxylic acids is 1. The lowest BCUT2D eigenvalue weighted by Crippen LogP contribution is -2.60. The van der Waals surface area contributed by atoms with Crippen LogP contribution in [0.2, 0.25) is 0 Å². The molecule has 0 N–H and O–H groups in total. The van der Waals surface area contributed by atoms with Crippen LogP contribution in [0.4, 0.5) is 13.2 Å². The van der Waals surface area contributed by atoms with Crippen LogP contribution in [0.15, 0.2) is 47.4 Å². The summed E-state index contributed by atoms with van der Waals surface area (Å²) in [7, 11) is -3.27. The lowest BCUT2D eigenvalue weighted by atomic mass is 9.84. The molecular formula is C26H30F3NO5S. The number of halogens is 3. The molecule has 1 aliphatic heterocycles. The van der Waals surface area contributed by atoms with Crippen molar-refractivity contribution in [2.75, 3.05) is 7.11 Å². The number of benzene rings is 2. The Kier molecular flexibility index (Phi) is 6.66. The van der Waals surface area contributed by atoms with Crippen LogP contribution in [0.1, 0.15) is 74.4 Å². The third kappa shape index (κ3) is 4.28. The van der Waals surface area contributed by atoms with E-state index in [2.05, 4.69) is 0 Å². The average Bonchev–Trinajstić information content (AvgIpc) is 3.02. The Morgan fingerprint density at radius 1 is 1.03 bits per heavy atom. The smallest absolute Gasteiger partial charge is 0.449 e. The highest BCUT2D eigenvalue weighted by molar-refractivity contribution is 7.89. The first kappa shape index (κ1) is 26.5. The molecule has 0 radical (unpaired) electrons. The predicted molar refractivity (Wildman–Crippen MR) is 127 cm³/mol. The van der Waals surface area contributed by atoms with Crippen molar-refractivity contribution < 1.29 is 35.9 Å². The molecule has 0 bridgehead atoms. The monoisotopic (exact) mass is 525 g/mol. The first-order valence-corrected chi connectivity index (χ1v) is 13.3. The standard InChI is InChI=1S/C26H30F3NO5S/c1-24(2,3)18-13-14-22-21(16-18)25(26(27,28)29,30(36(22,32)33)19-10-6-5-7-11-19)35-23(31)17-9-8-12-20(15-17)34-4/h8-9,12-16,19H,5-7,10-11H2,1-4H3/t25-/m1/s1. The van der Waals surface area contributed by atoms with E-state index >= 15 is 13.2 Å². The lowest BCUT2D eigenvalue weighted by Gasteiger charge is -2.42. The van der Waals surface area contributed by atoms with Crippen LogP contribution in [-0.4, -0.2) is 38.0 Å². The zero-order valence-electron chi connectivity index (χ0n) is 20.7. The first-order chi connectivity index (χ1) is 16.7. The Balaban J connectivity index is 1.99. The molecule has 2 aromatic carbocycles. The van der Waals surface area contributed by atoms with Crippen LogP contribution in [0.5, 0.6) is 5.75 Å². The number of ether oxygens (including phenoxy) is 2. The van der Waals surface area contributed by atoms with Crippen molar-refractivity contribution in [3.05, 3.63) is 59.2 Å². The largest absolute Gasteiger partial charge is 0.497 e. The predicted octanol–water partition coefficient (Wildman–Crippen LogP) is 5.90. The molecule has 36 heavy (non-hydrogen) atoms. The van der Waals surface area contributed by atoms with Gasteiger partial charge in [0.15, 0.2) is 0 Å². The van der Waals surface area contributed by atoms with Crippen LogP contribution in [0.25, 0.3) is 0 Å². The minimum atomic E-state index is -5.26. The zero-order chi connectivity index (χ0) is 26.5. The van der Waals surface area contributed by atoms with E-state index in [1.165, 1.54) is 49.6 Å². The van der Waals surface area contributed by atoms with Gasteiger partial charge in [0.1, 0.15) is 5.75 Å². The van der Waals surface area contributed by atoms with Gasteiger partial charge in [-0.05, 0) is 54.2 Å². The number of nitrogens with zero attached hydrogens (tertiary/aromatic N) is 1. The molecule has 1 atom stereocenters. The van der Waals surface area contributed by atoms with Gasteiger partial charge in [-0.3, -0.25) is 0 Å². The van der Waals surface area contributed by atoms with Gasteiger partial charge in [0.25, 0.3) is 0 Å². The van der Waals surface area contributed by atoms with Crippen LogP contribution in [0.3, 0.4) is 0 Å². The van der Waals surface area contributed by atoms with E-state index in [-0.39, 0.29) is 24.2 Å². The van der Waals surface area contributed by atoms with Gasteiger partial charge in [-0.2, -0.15) is 13.2 Å². The topological polar surface area (TPSA) is 72.9 Å². The minimum absolute atomic E-state index is 0.181. The molecule has 0 aromatic heterocycles. The molecule has 10 heteroatoms. The maximum Gasteiger partial charge on any atom is 0.449 e. The van der Waals surface area contributed by atoms with Gasteiger partial charge in [0.05, 0.1) is 17.6 Å². The van der Waals surface area contributed by atoms with E-state index in [1.807, 2.05) is 20.8 Å². The van der Waals surface area contributed by atoms with Crippen molar-refractivity contribution in [3.8, 4) is 5.75 Å². The number of methoxy groups -OCH3 is 1. The second-order valence-corrected chi connectivity index (χ2v) is 12.1. The minimum Gasteiger partial charge on any atom is -0.497 e. The summed E-state index contributed by atoms with van der Waals surface area (Å²) >= 11 is 0. The molecule has 4 rings (SSSR count).